The second-order valence-corrected chi connectivity index (χ2v) is 5.01. The molecule has 126 valence electrons. The lowest BCUT2D eigenvalue weighted by atomic mass is 10.1. The summed E-state index contributed by atoms with van der Waals surface area (Å²) in [6.07, 6.45) is 2.32. The van der Waals surface area contributed by atoms with E-state index in [0.717, 1.165) is 17.5 Å². The van der Waals surface area contributed by atoms with Crippen molar-refractivity contribution >= 4 is 11.9 Å². The molecule has 0 aliphatic rings. The number of hydrogen-bond donors (Lipinski definition) is 2. The fourth-order valence-electron chi connectivity index (χ4n) is 2.11. The van der Waals surface area contributed by atoms with E-state index < -0.39 is 17.4 Å². The molecule has 7 nitrogen and oxygen atoms in total. The molecule has 0 unspecified atom stereocenters. The predicted octanol–water partition coefficient (Wildman–Crippen LogP) is 1.29. The minimum Gasteiger partial charge on any atom is -0.465 e. The summed E-state index contributed by atoms with van der Waals surface area (Å²) in [7, 11) is 0. The maximum Gasteiger partial charge on any atom is 0.325 e. The van der Waals surface area contributed by atoms with Crippen molar-refractivity contribution in [2.24, 2.45) is 0 Å². The molecule has 0 spiro atoms. The fraction of sp³-hybridized carbons (Fsp3) is 0.294. The zero-order chi connectivity index (χ0) is 17.5. The van der Waals surface area contributed by atoms with E-state index in [-0.39, 0.29) is 18.8 Å². The third-order valence-corrected chi connectivity index (χ3v) is 3.33. The summed E-state index contributed by atoms with van der Waals surface area (Å²) in [5.74, 6) is -1.30. The Morgan fingerprint density at radius 3 is 2.79 bits per heavy atom. The van der Waals surface area contributed by atoms with Crippen LogP contribution >= 0.6 is 0 Å². The number of aromatic amines is 1. The topological polar surface area (TPSA) is 101 Å². The van der Waals surface area contributed by atoms with Gasteiger partial charge < -0.3 is 15.0 Å². The van der Waals surface area contributed by atoms with Crippen LogP contribution in [-0.2, 0) is 16.0 Å². The largest absolute Gasteiger partial charge is 0.465 e. The molecule has 1 aromatic carbocycles. The molecule has 0 atom stereocenters. The minimum atomic E-state index is -0.724. The number of rotatable bonds is 6. The molecule has 24 heavy (non-hydrogen) atoms. The Morgan fingerprint density at radius 1 is 1.29 bits per heavy atom. The number of benzene rings is 1. The van der Waals surface area contributed by atoms with Gasteiger partial charge in [-0.15, -0.1) is 0 Å². The van der Waals surface area contributed by atoms with Crippen molar-refractivity contribution in [3.8, 4) is 11.3 Å². The van der Waals surface area contributed by atoms with E-state index in [2.05, 4.69) is 15.3 Å². The number of nitrogens with zero attached hydrogens (tertiary/aromatic N) is 1. The normalized spacial score (nSPS) is 10.2. The first-order valence-corrected chi connectivity index (χ1v) is 7.68. The van der Waals surface area contributed by atoms with Crippen LogP contribution in [0.1, 0.15) is 29.9 Å². The number of ether oxygens (including phenoxy) is 1. The highest BCUT2D eigenvalue weighted by Gasteiger charge is 2.15. The Hall–Kier alpha value is -2.96. The standard InChI is InChI=1S/C17H19N3O4/c1-3-11-6-5-7-12(8-11)13-9-18-16(22)15(20-13)17(23)19-10-14(21)24-4-2/h5-9H,3-4,10H2,1-2H3,(H,18,22)(H,19,23). The van der Waals surface area contributed by atoms with Gasteiger partial charge in [0.15, 0.2) is 5.69 Å². The SMILES string of the molecule is CCOC(=O)CNC(=O)c1nc(-c2cccc(CC)c2)c[nH]c1=O. The highest BCUT2D eigenvalue weighted by atomic mass is 16.5. The first-order chi connectivity index (χ1) is 11.5. The van der Waals surface area contributed by atoms with Gasteiger partial charge >= 0.3 is 5.97 Å². The molecular weight excluding hydrogens is 310 g/mol. The number of carbonyl (C=O) groups is 2. The first-order valence-electron chi connectivity index (χ1n) is 7.68. The molecule has 2 N–H and O–H groups in total. The molecule has 2 aromatic rings. The highest BCUT2D eigenvalue weighted by Crippen LogP contribution is 2.17. The highest BCUT2D eigenvalue weighted by molar-refractivity contribution is 5.94. The number of aryl methyl sites for hydroxylation is 1. The number of aromatic nitrogens is 2. The van der Waals surface area contributed by atoms with Gasteiger partial charge in [0.05, 0.1) is 12.3 Å². The summed E-state index contributed by atoms with van der Waals surface area (Å²) in [5.41, 5.74) is 1.48. The molecule has 1 amide bonds. The van der Waals surface area contributed by atoms with Crippen LogP contribution in [0.25, 0.3) is 11.3 Å². The lowest BCUT2D eigenvalue weighted by Crippen LogP contribution is -2.35. The van der Waals surface area contributed by atoms with Gasteiger partial charge in [-0.25, -0.2) is 4.98 Å². The fourth-order valence-corrected chi connectivity index (χ4v) is 2.11. The maximum atomic E-state index is 12.1. The lowest BCUT2D eigenvalue weighted by molar-refractivity contribution is -0.141. The van der Waals surface area contributed by atoms with E-state index in [0.29, 0.717) is 5.69 Å². The van der Waals surface area contributed by atoms with Crippen molar-refractivity contribution in [1.82, 2.24) is 15.3 Å². The van der Waals surface area contributed by atoms with Crippen LogP contribution in [0.5, 0.6) is 0 Å². The van der Waals surface area contributed by atoms with Gasteiger partial charge in [0.1, 0.15) is 6.54 Å². The second kappa shape index (κ2) is 8.05. The zero-order valence-electron chi connectivity index (χ0n) is 13.6. The van der Waals surface area contributed by atoms with E-state index in [1.807, 2.05) is 31.2 Å². The third-order valence-electron chi connectivity index (χ3n) is 3.33. The van der Waals surface area contributed by atoms with Gasteiger partial charge in [0.2, 0.25) is 0 Å². The first kappa shape index (κ1) is 17.4. The van der Waals surface area contributed by atoms with Gasteiger partial charge in [-0.05, 0) is 25.0 Å². The Morgan fingerprint density at radius 2 is 2.08 bits per heavy atom. The number of esters is 1. The molecule has 1 heterocycles. The van der Waals surface area contributed by atoms with Gasteiger partial charge in [0, 0.05) is 11.8 Å². The number of carbonyl (C=O) groups excluding carboxylic acids is 2. The molecule has 0 saturated carbocycles. The number of hydrogen-bond acceptors (Lipinski definition) is 5. The summed E-state index contributed by atoms with van der Waals surface area (Å²) in [6.45, 7) is 3.60. The van der Waals surface area contributed by atoms with Gasteiger partial charge in [0.25, 0.3) is 11.5 Å². The van der Waals surface area contributed by atoms with Crippen LogP contribution in [0, 0.1) is 0 Å². The van der Waals surface area contributed by atoms with Crippen LogP contribution in [0.4, 0.5) is 0 Å². The number of amides is 1. The smallest absolute Gasteiger partial charge is 0.325 e. The predicted molar refractivity (Wildman–Crippen MR) is 88.6 cm³/mol. The van der Waals surface area contributed by atoms with Gasteiger partial charge in [-0.2, -0.15) is 0 Å². The average molecular weight is 329 g/mol. The number of nitrogens with one attached hydrogen (secondary N) is 2. The Kier molecular flexibility index (Phi) is 5.83. The second-order valence-electron chi connectivity index (χ2n) is 5.01. The van der Waals surface area contributed by atoms with E-state index in [4.69, 9.17) is 4.74 Å². The molecule has 7 heteroatoms. The van der Waals surface area contributed by atoms with Crippen molar-refractivity contribution in [3.05, 3.63) is 52.1 Å². The van der Waals surface area contributed by atoms with Crippen LogP contribution < -0.4 is 10.9 Å². The molecular formula is C17H19N3O4. The van der Waals surface area contributed by atoms with Crippen molar-refractivity contribution in [2.75, 3.05) is 13.2 Å². The van der Waals surface area contributed by atoms with E-state index >= 15 is 0 Å². The summed E-state index contributed by atoms with van der Waals surface area (Å²) < 4.78 is 4.72. The molecule has 0 bridgehead atoms. The van der Waals surface area contributed by atoms with E-state index in [1.165, 1.54) is 6.20 Å². The number of H-pyrrole nitrogens is 1. The Bertz CT molecular complexity index is 798. The molecule has 2 rings (SSSR count). The van der Waals surface area contributed by atoms with E-state index in [1.54, 1.807) is 6.92 Å². The molecule has 0 radical (unpaired) electrons. The average Bonchev–Trinajstić information content (AvgIpc) is 2.60. The lowest BCUT2D eigenvalue weighted by Gasteiger charge is -2.06. The molecule has 0 aliphatic heterocycles. The Balaban J connectivity index is 2.23. The van der Waals surface area contributed by atoms with Crippen molar-refractivity contribution in [1.29, 1.82) is 0 Å². The van der Waals surface area contributed by atoms with E-state index in [9.17, 15) is 14.4 Å². The summed E-state index contributed by atoms with van der Waals surface area (Å²) in [4.78, 5) is 41.8. The molecule has 1 aromatic heterocycles. The van der Waals surface area contributed by atoms with Crippen molar-refractivity contribution < 1.29 is 14.3 Å². The minimum absolute atomic E-state index is 0.219. The molecule has 0 aliphatic carbocycles. The molecule has 0 fully saturated rings. The van der Waals surface area contributed by atoms with Gasteiger partial charge in [-0.3, -0.25) is 14.4 Å². The zero-order valence-corrected chi connectivity index (χ0v) is 13.6. The summed E-state index contributed by atoms with van der Waals surface area (Å²) >= 11 is 0. The molecule has 0 saturated heterocycles. The van der Waals surface area contributed by atoms with Crippen LogP contribution in [0.15, 0.2) is 35.3 Å². The summed E-state index contributed by atoms with van der Waals surface area (Å²) in [5, 5.41) is 2.33. The maximum absolute atomic E-state index is 12.1. The van der Waals surface area contributed by atoms with Crippen LogP contribution in [-0.4, -0.2) is 35.0 Å². The Labute approximate surface area is 139 Å². The van der Waals surface area contributed by atoms with Crippen molar-refractivity contribution in [3.63, 3.8) is 0 Å². The van der Waals surface area contributed by atoms with Gasteiger partial charge in [-0.1, -0.05) is 25.1 Å². The van der Waals surface area contributed by atoms with Crippen molar-refractivity contribution in [2.45, 2.75) is 20.3 Å². The van der Waals surface area contributed by atoms with Crippen LogP contribution in [0.3, 0.4) is 0 Å². The third kappa shape index (κ3) is 4.28. The quantitative estimate of drug-likeness (QED) is 0.778. The monoisotopic (exact) mass is 329 g/mol. The van der Waals surface area contributed by atoms with Crippen LogP contribution in [0.2, 0.25) is 0 Å². The summed E-state index contributed by atoms with van der Waals surface area (Å²) in [6, 6.07) is 7.67.